The van der Waals surface area contributed by atoms with Gasteiger partial charge in [-0.05, 0) is 60.9 Å². The van der Waals surface area contributed by atoms with Gasteiger partial charge in [0.2, 0.25) is 0 Å². The lowest BCUT2D eigenvalue weighted by atomic mass is 10.1. The summed E-state index contributed by atoms with van der Waals surface area (Å²) >= 11 is 3.35. The standard InChI is InChI=1S/C22H21BrN4O/c1-2-15-4-9-20-17(12-15)13-18(14-24)21(27-20)25-10-3-11-26-22(28)16-5-7-19(23)8-6-16/h4-9,12-13H,2-3,10-11H2,1H3,(H,25,27)(H,26,28). The third-order valence-electron chi connectivity index (χ3n) is 4.45. The summed E-state index contributed by atoms with van der Waals surface area (Å²) in [7, 11) is 0. The Morgan fingerprint density at radius 1 is 1.14 bits per heavy atom. The van der Waals surface area contributed by atoms with Gasteiger partial charge in [-0.2, -0.15) is 5.26 Å². The van der Waals surface area contributed by atoms with Crippen LogP contribution < -0.4 is 10.6 Å². The van der Waals surface area contributed by atoms with Crippen LogP contribution in [0.1, 0.15) is 34.8 Å². The molecule has 6 heteroatoms. The zero-order chi connectivity index (χ0) is 19.9. The van der Waals surface area contributed by atoms with Gasteiger partial charge in [0.05, 0.1) is 11.1 Å². The molecular formula is C22H21BrN4O. The molecule has 0 aliphatic heterocycles. The van der Waals surface area contributed by atoms with Gasteiger partial charge in [-0.3, -0.25) is 4.79 Å². The molecule has 0 fully saturated rings. The Labute approximate surface area is 172 Å². The molecule has 1 aromatic heterocycles. The van der Waals surface area contributed by atoms with Crippen LogP contribution in [0.4, 0.5) is 5.82 Å². The van der Waals surface area contributed by atoms with Crippen molar-refractivity contribution in [1.29, 1.82) is 5.26 Å². The minimum Gasteiger partial charge on any atom is -0.369 e. The van der Waals surface area contributed by atoms with Crippen molar-refractivity contribution in [1.82, 2.24) is 10.3 Å². The van der Waals surface area contributed by atoms with Gasteiger partial charge in [-0.15, -0.1) is 0 Å². The maximum Gasteiger partial charge on any atom is 0.251 e. The molecule has 0 aliphatic rings. The van der Waals surface area contributed by atoms with Crippen LogP contribution in [0.5, 0.6) is 0 Å². The van der Waals surface area contributed by atoms with Gasteiger partial charge in [0, 0.05) is 28.5 Å². The number of anilines is 1. The van der Waals surface area contributed by atoms with Crippen molar-refractivity contribution >= 4 is 38.6 Å². The molecule has 3 rings (SSSR count). The zero-order valence-electron chi connectivity index (χ0n) is 15.6. The first-order chi connectivity index (χ1) is 13.6. The Hall–Kier alpha value is -2.91. The molecule has 142 valence electrons. The summed E-state index contributed by atoms with van der Waals surface area (Å²) in [5.74, 6) is 0.485. The first-order valence-electron chi connectivity index (χ1n) is 9.22. The van der Waals surface area contributed by atoms with Crippen LogP contribution in [0, 0.1) is 11.3 Å². The summed E-state index contributed by atoms with van der Waals surface area (Å²) in [5, 5.41) is 16.5. The highest BCUT2D eigenvalue weighted by Gasteiger charge is 2.08. The largest absolute Gasteiger partial charge is 0.369 e. The van der Waals surface area contributed by atoms with Crippen LogP contribution in [0.2, 0.25) is 0 Å². The minimum absolute atomic E-state index is 0.0965. The zero-order valence-corrected chi connectivity index (χ0v) is 17.2. The number of amides is 1. The number of hydrogen-bond donors (Lipinski definition) is 2. The van der Waals surface area contributed by atoms with Gasteiger partial charge in [0.15, 0.2) is 0 Å². The number of benzene rings is 2. The topological polar surface area (TPSA) is 77.8 Å². The molecule has 2 N–H and O–H groups in total. The van der Waals surface area contributed by atoms with E-state index < -0.39 is 0 Å². The van der Waals surface area contributed by atoms with Crippen LogP contribution in [-0.4, -0.2) is 24.0 Å². The Balaban J connectivity index is 1.55. The summed E-state index contributed by atoms with van der Waals surface area (Å²) in [6.45, 7) is 3.25. The Morgan fingerprint density at radius 3 is 2.64 bits per heavy atom. The van der Waals surface area contributed by atoms with Crippen LogP contribution in [0.25, 0.3) is 10.9 Å². The van der Waals surface area contributed by atoms with Gasteiger partial charge in [0.25, 0.3) is 5.91 Å². The number of aromatic nitrogens is 1. The van der Waals surface area contributed by atoms with E-state index in [2.05, 4.69) is 56.7 Å². The Kier molecular flexibility index (Phi) is 6.62. The van der Waals surface area contributed by atoms with Gasteiger partial charge in [-0.25, -0.2) is 4.98 Å². The van der Waals surface area contributed by atoms with Crippen LogP contribution in [0.3, 0.4) is 0 Å². The molecule has 0 spiro atoms. The second-order valence-electron chi connectivity index (χ2n) is 6.42. The summed E-state index contributed by atoms with van der Waals surface area (Å²) in [6.07, 6.45) is 1.67. The van der Waals surface area contributed by atoms with E-state index in [0.29, 0.717) is 30.0 Å². The number of carbonyl (C=O) groups excluding carboxylic acids is 1. The van der Waals surface area contributed by atoms with Crippen molar-refractivity contribution in [2.45, 2.75) is 19.8 Å². The van der Waals surface area contributed by atoms with E-state index >= 15 is 0 Å². The molecule has 0 bridgehead atoms. The lowest BCUT2D eigenvalue weighted by molar-refractivity contribution is 0.0953. The average Bonchev–Trinajstić information content (AvgIpc) is 2.72. The molecular weight excluding hydrogens is 416 g/mol. The monoisotopic (exact) mass is 436 g/mol. The van der Waals surface area contributed by atoms with E-state index in [1.165, 1.54) is 5.56 Å². The van der Waals surface area contributed by atoms with E-state index in [9.17, 15) is 10.1 Å². The molecule has 0 aliphatic carbocycles. The minimum atomic E-state index is -0.0965. The average molecular weight is 437 g/mol. The molecule has 2 aromatic carbocycles. The third-order valence-corrected chi connectivity index (χ3v) is 4.97. The molecule has 1 heterocycles. The predicted molar refractivity (Wildman–Crippen MR) is 115 cm³/mol. The number of nitrogens with one attached hydrogen (secondary N) is 2. The van der Waals surface area contributed by atoms with Gasteiger partial charge >= 0.3 is 0 Å². The number of halogens is 1. The number of hydrogen-bond acceptors (Lipinski definition) is 4. The predicted octanol–water partition coefficient (Wildman–Crippen LogP) is 4.66. The number of fused-ring (bicyclic) bond motifs is 1. The maximum absolute atomic E-state index is 12.1. The lowest BCUT2D eigenvalue weighted by Gasteiger charge is -2.10. The second-order valence-corrected chi connectivity index (χ2v) is 7.34. The smallest absolute Gasteiger partial charge is 0.251 e. The molecule has 0 saturated carbocycles. The number of nitriles is 1. The van der Waals surface area contributed by atoms with E-state index in [-0.39, 0.29) is 5.91 Å². The number of carbonyl (C=O) groups is 1. The van der Waals surface area contributed by atoms with E-state index in [0.717, 1.165) is 28.2 Å². The number of pyridine rings is 1. The molecule has 0 atom stereocenters. The Bertz CT molecular complexity index is 1030. The van der Waals surface area contributed by atoms with Crippen molar-refractivity contribution in [3.63, 3.8) is 0 Å². The highest BCUT2D eigenvalue weighted by Crippen LogP contribution is 2.21. The van der Waals surface area contributed by atoms with Crippen molar-refractivity contribution in [2.24, 2.45) is 0 Å². The fourth-order valence-electron chi connectivity index (χ4n) is 2.87. The van der Waals surface area contributed by atoms with Crippen LogP contribution >= 0.6 is 15.9 Å². The van der Waals surface area contributed by atoms with Gasteiger partial charge in [0.1, 0.15) is 11.9 Å². The molecule has 0 saturated heterocycles. The van der Waals surface area contributed by atoms with Crippen molar-refractivity contribution in [2.75, 3.05) is 18.4 Å². The van der Waals surface area contributed by atoms with E-state index in [4.69, 9.17) is 0 Å². The van der Waals surface area contributed by atoms with E-state index in [1.54, 1.807) is 12.1 Å². The van der Waals surface area contributed by atoms with Crippen LogP contribution in [-0.2, 0) is 6.42 Å². The third kappa shape index (κ3) is 4.87. The first kappa shape index (κ1) is 19.8. The summed E-state index contributed by atoms with van der Waals surface area (Å²) in [6, 6.07) is 17.4. The summed E-state index contributed by atoms with van der Waals surface area (Å²) in [4.78, 5) is 16.7. The normalized spacial score (nSPS) is 10.5. The van der Waals surface area contributed by atoms with E-state index in [1.807, 2.05) is 24.3 Å². The highest BCUT2D eigenvalue weighted by molar-refractivity contribution is 9.10. The lowest BCUT2D eigenvalue weighted by Crippen LogP contribution is -2.25. The molecule has 5 nitrogen and oxygen atoms in total. The molecule has 3 aromatic rings. The quantitative estimate of drug-likeness (QED) is 0.527. The van der Waals surface area contributed by atoms with Crippen molar-refractivity contribution in [3.05, 3.63) is 69.7 Å². The molecule has 0 radical (unpaired) electrons. The van der Waals surface area contributed by atoms with Crippen molar-refractivity contribution in [3.8, 4) is 6.07 Å². The van der Waals surface area contributed by atoms with Gasteiger partial charge < -0.3 is 10.6 Å². The van der Waals surface area contributed by atoms with Gasteiger partial charge in [-0.1, -0.05) is 28.9 Å². The fourth-order valence-corrected chi connectivity index (χ4v) is 3.13. The Morgan fingerprint density at radius 2 is 1.93 bits per heavy atom. The van der Waals surface area contributed by atoms with Crippen LogP contribution in [0.15, 0.2) is 53.0 Å². The van der Waals surface area contributed by atoms with Crippen molar-refractivity contribution < 1.29 is 4.79 Å². The highest BCUT2D eigenvalue weighted by atomic mass is 79.9. The fraction of sp³-hybridized carbons (Fsp3) is 0.227. The number of rotatable bonds is 7. The molecule has 0 unspecified atom stereocenters. The number of aryl methyl sites for hydroxylation is 1. The molecule has 28 heavy (non-hydrogen) atoms. The summed E-state index contributed by atoms with van der Waals surface area (Å²) in [5.41, 5.74) is 3.24. The summed E-state index contributed by atoms with van der Waals surface area (Å²) < 4.78 is 0.940. The number of nitrogens with zero attached hydrogens (tertiary/aromatic N) is 2. The first-order valence-corrected chi connectivity index (χ1v) is 10.0. The SMILES string of the molecule is CCc1ccc2nc(NCCCNC(=O)c3ccc(Br)cc3)c(C#N)cc2c1. The second kappa shape index (κ2) is 9.34. The molecule has 1 amide bonds. The maximum atomic E-state index is 12.1.